The Hall–Kier alpha value is -2.20. The SMILES string of the molecule is CC/C=C\C/C=C\C/C=C\C/C=C\C/C=C\CCCCCCCC(=O)OC(COCCCCCCCCCCCCCCCCCCCCCCCCCCC)COC1OC(CO)C(O)C(OS(=O)(=O)O)C1O. The summed E-state index contributed by atoms with van der Waals surface area (Å²) in [4.78, 5) is 13.0. The second-order valence-corrected chi connectivity index (χ2v) is 21.3. The van der Waals surface area contributed by atoms with Gasteiger partial charge in [-0.3, -0.25) is 9.35 Å². The summed E-state index contributed by atoms with van der Waals surface area (Å²) in [6, 6.07) is 0. The van der Waals surface area contributed by atoms with Crippen LogP contribution in [-0.2, 0) is 38.3 Å². The first-order valence-corrected chi connectivity index (χ1v) is 30.9. The third-order valence-corrected chi connectivity index (χ3v) is 13.9. The van der Waals surface area contributed by atoms with E-state index in [9.17, 15) is 33.1 Å². The minimum absolute atomic E-state index is 0.0285. The lowest BCUT2D eigenvalue weighted by molar-refractivity contribution is -0.301. The molecule has 4 N–H and O–H groups in total. The van der Waals surface area contributed by atoms with E-state index in [1.807, 2.05) is 0 Å². The molecule has 13 heteroatoms. The predicted octanol–water partition coefficient (Wildman–Crippen LogP) is 14.8. The molecule has 0 aromatic heterocycles. The van der Waals surface area contributed by atoms with Crippen LogP contribution < -0.4 is 0 Å². The van der Waals surface area contributed by atoms with Gasteiger partial charge in [0.25, 0.3) is 0 Å². The lowest BCUT2D eigenvalue weighted by Crippen LogP contribution is -2.60. The highest BCUT2D eigenvalue weighted by atomic mass is 32.3. The molecular formula is C60H108O12S. The molecule has 1 aliphatic heterocycles. The highest BCUT2D eigenvalue weighted by Gasteiger charge is 2.48. The fourth-order valence-corrected chi connectivity index (χ4v) is 9.50. The topological polar surface area (TPSA) is 178 Å². The minimum atomic E-state index is -5.07. The number of unbranched alkanes of at least 4 members (excludes halogenated alkanes) is 29. The van der Waals surface area contributed by atoms with E-state index >= 15 is 0 Å². The quantitative estimate of drug-likeness (QED) is 0.0196. The normalized spacial score (nSPS) is 19.2. The summed E-state index contributed by atoms with van der Waals surface area (Å²) in [5, 5.41) is 30.9. The second-order valence-electron chi connectivity index (χ2n) is 20.2. The average Bonchev–Trinajstić information content (AvgIpc) is 3.37. The van der Waals surface area contributed by atoms with E-state index in [-0.39, 0.29) is 19.6 Å². The summed E-state index contributed by atoms with van der Waals surface area (Å²) >= 11 is 0. The summed E-state index contributed by atoms with van der Waals surface area (Å²) in [7, 11) is -5.07. The Balaban J connectivity index is 2.29. The van der Waals surface area contributed by atoms with Gasteiger partial charge in [0, 0.05) is 13.0 Å². The third kappa shape index (κ3) is 43.6. The average molecular weight is 1050 g/mol. The zero-order valence-electron chi connectivity index (χ0n) is 46.2. The number of allylic oxidation sites excluding steroid dienone is 10. The van der Waals surface area contributed by atoms with Crippen LogP contribution in [0.3, 0.4) is 0 Å². The predicted molar refractivity (Wildman–Crippen MR) is 299 cm³/mol. The molecule has 0 bridgehead atoms. The molecule has 0 aromatic rings. The van der Waals surface area contributed by atoms with Gasteiger partial charge < -0.3 is 34.3 Å². The van der Waals surface area contributed by atoms with Crippen LogP contribution in [0.5, 0.6) is 0 Å². The van der Waals surface area contributed by atoms with Crippen LogP contribution in [0.15, 0.2) is 60.8 Å². The molecule has 0 amide bonds. The summed E-state index contributed by atoms with van der Waals surface area (Å²) in [6.45, 7) is 3.90. The van der Waals surface area contributed by atoms with Crippen LogP contribution in [0, 0.1) is 0 Å². The number of carbonyl (C=O) groups excluding carboxylic acids is 1. The fraction of sp³-hybridized carbons (Fsp3) is 0.817. The van der Waals surface area contributed by atoms with Crippen LogP contribution in [0.1, 0.15) is 251 Å². The molecule has 1 heterocycles. The Bertz CT molecular complexity index is 1500. The van der Waals surface area contributed by atoms with Gasteiger partial charge >= 0.3 is 16.4 Å². The van der Waals surface area contributed by atoms with Crippen molar-refractivity contribution in [3.05, 3.63) is 60.8 Å². The molecule has 0 aliphatic carbocycles. The molecule has 6 atom stereocenters. The zero-order valence-corrected chi connectivity index (χ0v) is 47.0. The van der Waals surface area contributed by atoms with E-state index in [1.54, 1.807) is 0 Å². The number of aliphatic hydroxyl groups excluding tert-OH is 3. The number of carbonyl (C=O) groups is 1. The van der Waals surface area contributed by atoms with E-state index in [1.165, 1.54) is 141 Å². The van der Waals surface area contributed by atoms with Crippen molar-refractivity contribution in [3.8, 4) is 0 Å². The van der Waals surface area contributed by atoms with Crippen molar-refractivity contribution >= 4 is 16.4 Å². The van der Waals surface area contributed by atoms with Crippen molar-refractivity contribution in [2.24, 2.45) is 0 Å². The lowest BCUT2D eigenvalue weighted by Gasteiger charge is -2.41. The Labute approximate surface area is 446 Å². The first-order chi connectivity index (χ1) is 35.6. The highest BCUT2D eigenvalue weighted by molar-refractivity contribution is 7.80. The summed E-state index contributed by atoms with van der Waals surface area (Å²) < 4.78 is 59.4. The molecule has 0 spiro atoms. The van der Waals surface area contributed by atoms with Crippen molar-refractivity contribution in [2.45, 2.75) is 288 Å². The first kappa shape index (κ1) is 68.8. The standard InChI is InChI=1S/C60H108O12S/c1-3-5-7-9-11-13-15-17-19-21-23-25-26-27-28-30-32-34-36-38-40-42-44-46-48-50-68-52-54(53-69-60-58(64)59(72-73(65,66)67)57(63)55(51-61)71-60)70-56(62)49-47-45-43-41-39-37-35-33-31-29-24-22-20-18-16-14-12-10-8-6-4-2/h6,8,12,14,18,20,24,29,33,35,54-55,57-61,63-64H,3-5,7,9-11,13,15-17,19,21-23,25-28,30-32,34,36-53H2,1-2H3,(H,65,66,67)/b8-6-,14-12-,20-18-,29-24-,35-33-. The van der Waals surface area contributed by atoms with Crippen LogP contribution >= 0.6 is 0 Å². The molecule has 1 aliphatic rings. The monoisotopic (exact) mass is 1050 g/mol. The Kier molecular flexibility index (Phi) is 47.7. The largest absolute Gasteiger partial charge is 0.457 e. The molecule has 0 saturated carbocycles. The Morgan fingerprint density at radius 2 is 0.945 bits per heavy atom. The van der Waals surface area contributed by atoms with Crippen LogP contribution in [0.25, 0.3) is 0 Å². The molecular weight excluding hydrogens is 945 g/mol. The molecule has 1 saturated heterocycles. The van der Waals surface area contributed by atoms with Gasteiger partial charge in [0.05, 0.1) is 19.8 Å². The maximum atomic E-state index is 13.0. The van der Waals surface area contributed by atoms with Gasteiger partial charge in [-0.2, -0.15) is 8.42 Å². The molecule has 6 unspecified atom stereocenters. The van der Waals surface area contributed by atoms with Gasteiger partial charge in [-0.15, -0.1) is 0 Å². The third-order valence-electron chi connectivity index (χ3n) is 13.4. The summed E-state index contributed by atoms with van der Waals surface area (Å²) in [6.07, 6.45) is 56.9. The Morgan fingerprint density at radius 3 is 1.38 bits per heavy atom. The second kappa shape index (κ2) is 50.6. The highest BCUT2D eigenvalue weighted by Crippen LogP contribution is 2.26. The van der Waals surface area contributed by atoms with Crippen LogP contribution in [0.4, 0.5) is 0 Å². The van der Waals surface area contributed by atoms with Crippen molar-refractivity contribution in [1.82, 2.24) is 0 Å². The van der Waals surface area contributed by atoms with Gasteiger partial charge in [0.2, 0.25) is 0 Å². The maximum absolute atomic E-state index is 13.0. The van der Waals surface area contributed by atoms with Crippen molar-refractivity contribution in [2.75, 3.05) is 26.4 Å². The van der Waals surface area contributed by atoms with E-state index in [0.29, 0.717) is 13.0 Å². The van der Waals surface area contributed by atoms with Crippen molar-refractivity contribution in [1.29, 1.82) is 0 Å². The van der Waals surface area contributed by atoms with Crippen molar-refractivity contribution < 1.29 is 56.2 Å². The molecule has 0 aromatic carbocycles. The van der Waals surface area contributed by atoms with E-state index < -0.39 is 59.8 Å². The Morgan fingerprint density at radius 1 is 0.534 bits per heavy atom. The molecule has 426 valence electrons. The van der Waals surface area contributed by atoms with Crippen LogP contribution in [-0.4, -0.2) is 97.5 Å². The smallest absolute Gasteiger partial charge is 0.397 e. The van der Waals surface area contributed by atoms with Gasteiger partial charge in [-0.05, 0) is 57.8 Å². The van der Waals surface area contributed by atoms with Crippen molar-refractivity contribution in [3.63, 3.8) is 0 Å². The van der Waals surface area contributed by atoms with Crippen LogP contribution in [0.2, 0.25) is 0 Å². The first-order valence-electron chi connectivity index (χ1n) is 29.5. The van der Waals surface area contributed by atoms with Gasteiger partial charge in [0.1, 0.15) is 30.5 Å². The minimum Gasteiger partial charge on any atom is -0.457 e. The van der Waals surface area contributed by atoms with Gasteiger partial charge in [0.15, 0.2) is 6.29 Å². The van der Waals surface area contributed by atoms with Gasteiger partial charge in [-0.25, -0.2) is 4.18 Å². The molecule has 73 heavy (non-hydrogen) atoms. The van der Waals surface area contributed by atoms with E-state index in [0.717, 1.165) is 83.5 Å². The molecule has 1 rings (SSSR count). The fourth-order valence-electron chi connectivity index (χ4n) is 9.00. The summed E-state index contributed by atoms with van der Waals surface area (Å²) in [5.74, 6) is -0.414. The lowest BCUT2D eigenvalue weighted by atomic mass is 9.99. The molecule has 1 fully saturated rings. The maximum Gasteiger partial charge on any atom is 0.397 e. The van der Waals surface area contributed by atoms with E-state index in [4.69, 9.17) is 18.9 Å². The van der Waals surface area contributed by atoms with E-state index in [2.05, 4.69) is 78.8 Å². The van der Waals surface area contributed by atoms with Gasteiger partial charge in [-0.1, -0.05) is 248 Å². The number of ether oxygens (including phenoxy) is 4. The zero-order chi connectivity index (χ0) is 53.1. The number of rotatable bonds is 52. The number of hydrogen-bond acceptors (Lipinski definition) is 11. The number of esters is 1. The number of aliphatic hydroxyl groups is 3. The molecule has 0 radical (unpaired) electrons. The summed E-state index contributed by atoms with van der Waals surface area (Å²) in [5.41, 5.74) is 0. The number of hydrogen-bond donors (Lipinski definition) is 4. The molecule has 12 nitrogen and oxygen atoms in total.